The lowest BCUT2D eigenvalue weighted by atomic mass is 9.96. The minimum absolute atomic E-state index is 0.130. The van der Waals surface area contributed by atoms with Crippen molar-refractivity contribution in [2.75, 3.05) is 32.6 Å². The number of piperidine rings is 1. The van der Waals surface area contributed by atoms with Gasteiger partial charge in [0.25, 0.3) is 5.56 Å². The molecule has 11 heteroatoms. The van der Waals surface area contributed by atoms with Crippen molar-refractivity contribution in [3.63, 3.8) is 0 Å². The molecule has 3 heterocycles. The molecule has 0 unspecified atom stereocenters. The molecule has 4 aromatic rings. The number of hydrogen-bond acceptors (Lipinski definition) is 8. The first-order valence-corrected chi connectivity index (χ1v) is 12.8. The second-order valence-corrected chi connectivity index (χ2v) is 9.56. The number of likely N-dealkylation sites (tertiary alicyclic amines) is 1. The molecule has 1 amide bonds. The van der Waals surface area contributed by atoms with Crippen LogP contribution in [0, 0.1) is 12.8 Å². The maximum absolute atomic E-state index is 13.1. The number of para-hydroxylation sites is 1. The van der Waals surface area contributed by atoms with Gasteiger partial charge in [0.1, 0.15) is 5.69 Å². The Bertz CT molecular complexity index is 1520. The zero-order valence-electron chi connectivity index (χ0n) is 22.5. The summed E-state index contributed by atoms with van der Waals surface area (Å²) in [6.45, 7) is 3.73. The predicted octanol–water partition coefficient (Wildman–Crippen LogP) is 3.40. The fraction of sp³-hybridized carbons (Fsp3) is 0.357. The van der Waals surface area contributed by atoms with Crippen molar-refractivity contribution in [2.24, 2.45) is 13.0 Å². The number of methoxy groups -OCH3 is 2. The Balaban J connectivity index is 1.19. The smallest absolute Gasteiger partial charge is 0.295 e. The molecule has 1 aliphatic heterocycles. The zero-order chi connectivity index (χ0) is 27.5. The molecular weight excluding hydrogens is 500 g/mol. The van der Waals surface area contributed by atoms with Gasteiger partial charge in [0.15, 0.2) is 11.5 Å². The highest BCUT2D eigenvalue weighted by Gasteiger charge is 2.28. The molecule has 0 radical (unpaired) electrons. The molecule has 11 nitrogen and oxygen atoms in total. The molecule has 0 atom stereocenters. The lowest BCUT2D eigenvalue weighted by Crippen LogP contribution is -2.38. The molecule has 0 saturated carbocycles. The van der Waals surface area contributed by atoms with E-state index in [0.29, 0.717) is 67.1 Å². The molecular formula is C28H32N6O5. The van der Waals surface area contributed by atoms with Crippen molar-refractivity contribution in [2.45, 2.75) is 26.3 Å². The summed E-state index contributed by atoms with van der Waals surface area (Å²) >= 11 is 0. The molecule has 2 aromatic heterocycles. The molecule has 204 valence electrons. The highest BCUT2D eigenvalue weighted by molar-refractivity contribution is 5.93. The van der Waals surface area contributed by atoms with Gasteiger partial charge < -0.3 is 19.3 Å². The van der Waals surface area contributed by atoms with Gasteiger partial charge in [0.2, 0.25) is 17.6 Å². The zero-order valence-corrected chi connectivity index (χ0v) is 22.5. The number of anilines is 1. The summed E-state index contributed by atoms with van der Waals surface area (Å²) in [5.41, 5.74) is 2.30. The summed E-state index contributed by atoms with van der Waals surface area (Å²) < 4.78 is 19.5. The standard InChI is InChI=1S/C28H32N6O5/c1-18-25(28(36)34(32(18)2)21-8-6-5-7-9-21)30-27(35)19-12-14-33(15-13-19)17-24-29-26(31-39-24)20-10-11-22(37-3)23(16-20)38-4/h5-11,16,19H,12-15,17H2,1-4H3,(H,30,35). The molecule has 2 aromatic carbocycles. The van der Waals surface area contributed by atoms with Crippen LogP contribution in [0.25, 0.3) is 17.1 Å². The van der Waals surface area contributed by atoms with Crippen molar-refractivity contribution < 1.29 is 18.8 Å². The van der Waals surface area contributed by atoms with Crippen molar-refractivity contribution >= 4 is 11.6 Å². The summed E-state index contributed by atoms with van der Waals surface area (Å²) in [7, 11) is 4.97. The van der Waals surface area contributed by atoms with E-state index in [9.17, 15) is 9.59 Å². The first kappa shape index (κ1) is 26.2. The fourth-order valence-corrected chi connectivity index (χ4v) is 4.89. The molecule has 39 heavy (non-hydrogen) atoms. The Morgan fingerprint density at radius 3 is 2.49 bits per heavy atom. The van der Waals surface area contributed by atoms with Gasteiger partial charge in [0.05, 0.1) is 32.1 Å². The quantitative estimate of drug-likeness (QED) is 0.367. The summed E-state index contributed by atoms with van der Waals surface area (Å²) in [6.07, 6.45) is 1.34. The van der Waals surface area contributed by atoms with Crippen molar-refractivity contribution in [3.8, 4) is 28.6 Å². The van der Waals surface area contributed by atoms with Crippen LogP contribution in [0.3, 0.4) is 0 Å². The van der Waals surface area contributed by atoms with Crippen molar-refractivity contribution in [1.82, 2.24) is 24.4 Å². The minimum atomic E-state index is -0.242. The number of aromatic nitrogens is 4. The van der Waals surface area contributed by atoms with E-state index < -0.39 is 0 Å². The number of benzene rings is 2. The normalized spacial score (nSPS) is 14.4. The monoisotopic (exact) mass is 532 g/mol. The van der Waals surface area contributed by atoms with E-state index in [1.54, 1.807) is 35.7 Å². The van der Waals surface area contributed by atoms with Gasteiger partial charge in [-0.15, -0.1) is 0 Å². The van der Waals surface area contributed by atoms with Crippen LogP contribution in [-0.4, -0.2) is 57.6 Å². The SMILES string of the molecule is COc1ccc(-c2noc(CN3CCC(C(=O)Nc4c(C)n(C)n(-c5ccccc5)c4=O)CC3)n2)cc1OC. The van der Waals surface area contributed by atoms with E-state index in [1.165, 1.54) is 0 Å². The van der Waals surface area contributed by atoms with Gasteiger partial charge in [-0.25, -0.2) is 4.68 Å². The predicted molar refractivity (Wildman–Crippen MR) is 145 cm³/mol. The Hall–Kier alpha value is -4.38. The van der Waals surface area contributed by atoms with Crippen LogP contribution in [0.15, 0.2) is 57.8 Å². The number of rotatable bonds is 8. The molecule has 0 bridgehead atoms. The molecule has 1 fully saturated rings. The van der Waals surface area contributed by atoms with Gasteiger partial charge in [0, 0.05) is 18.5 Å². The van der Waals surface area contributed by atoms with E-state index in [-0.39, 0.29) is 17.4 Å². The summed E-state index contributed by atoms with van der Waals surface area (Å²) in [4.78, 5) is 33.0. The highest BCUT2D eigenvalue weighted by Crippen LogP contribution is 2.31. The van der Waals surface area contributed by atoms with Crippen LogP contribution in [0.5, 0.6) is 11.5 Å². The van der Waals surface area contributed by atoms with Gasteiger partial charge in [-0.3, -0.25) is 19.2 Å². The van der Waals surface area contributed by atoms with Crippen molar-refractivity contribution in [1.29, 1.82) is 0 Å². The molecule has 1 aliphatic rings. The molecule has 1 N–H and O–H groups in total. The van der Waals surface area contributed by atoms with Gasteiger partial charge in [-0.2, -0.15) is 4.98 Å². The summed E-state index contributed by atoms with van der Waals surface area (Å²) in [5, 5.41) is 7.02. The molecule has 0 spiro atoms. The Kier molecular flexibility index (Phi) is 7.51. The number of hydrogen-bond donors (Lipinski definition) is 1. The summed E-state index contributed by atoms with van der Waals surface area (Å²) in [6, 6.07) is 14.8. The maximum Gasteiger partial charge on any atom is 0.295 e. The van der Waals surface area contributed by atoms with Crippen LogP contribution < -0.4 is 20.3 Å². The molecule has 0 aliphatic carbocycles. The van der Waals surface area contributed by atoms with Gasteiger partial charge >= 0.3 is 0 Å². The highest BCUT2D eigenvalue weighted by atomic mass is 16.5. The van der Waals surface area contributed by atoms with Crippen LogP contribution in [0.4, 0.5) is 5.69 Å². The van der Waals surface area contributed by atoms with Crippen molar-refractivity contribution in [3.05, 3.63) is 70.5 Å². The third-order valence-electron chi connectivity index (χ3n) is 7.23. The van der Waals surface area contributed by atoms with Crippen LogP contribution >= 0.6 is 0 Å². The Morgan fingerprint density at radius 2 is 1.79 bits per heavy atom. The van der Waals surface area contributed by atoms with Gasteiger partial charge in [-0.05, 0) is 63.2 Å². The first-order valence-electron chi connectivity index (χ1n) is 12.8. The second kappa shape index (κ2) is 11.2. The topological polar surface area (TPSA) is 117 Å². The largest absolute Gasteiger partial charge is 0.493 e. The van der Waals surface area contributed by atoms with E-state index >= 15 is 0 Å². The lowest BCUT2D eigenvalue weighted by Gasteiger charge is -2.30. The fourth-order valence-electron chi connectivity index (χ4n) is 4.89. The van der Waals surface area contributed by atoms with E-state index in [4.69, 9.17) is 14.0 Å². The van der Waals surface area contributed by atoms with E-state index in [0.717, 1.165) is 11.3 Å². The number of carbonyl (C=O) groups excluding carboxylic acids is 1. The second-order valence-electron chi connectivity index (χ2n) is 9.56. The number of ether oxygens (including phenoxy) is 2. The Morgan fingerprint density at radius 1 is 1.08 bits per heavy atom. The number of amides is 1. The number of carbonyl (C=O) groups is 1. The van der Waals surface area contributed by atoms with E-state index in [2.05, 4.69) is 20.4 Å². The summed E-state index contributed by atoms with van der Waals surface area (Å²) in [5.74, 6) is 1.88. The first-order chi connectivity index (χ1) is 18.9. The van der Waals surface area contributed by atoms with Crippen LogP contribution in [0.2, 0.25) is 0 Å². The van der Waals surface area contributed by atoms with Gasteiger partial charge in [-0.1, -0.05) is 23.4 Å². The Labute approximate surface area is 225 Å². The lowest BCUT2D eigenvalue weighted by molar-refractivity contribution is -0.121. The maximum atomic E-state index is 13.1. The third-order valence-corrected chi connectivity index (χ3v) is 7.23. The van der Waals surface area contributed by atoms with E-state index in [1.807, 2.05) is 50.4 Å². The minimum Gasteiger partial charge on any atom is -0.493 e. The van der Waals surface area contributed by atoms with Crippen LogP contribution in [0.1, 0.15) is 24.4 Å². The average Bonchev–Trinajstić information content (AvgIpc) is 3.51. The van der Waals surface area contributed by atoms with Crippen LogP contribution in [-0.2, 0) is 18.4 Å². The third kappa shape index (κ3) is 5.30. The average molecular weight is 533 g/mol. The number of nitrogens with one attached hydrogen (secondary N) is 1. The number of nitrogens with zero attached hydrogens (tertiary/aromatic N) is 5. The molecule has 1 saturated heterocycles. The molecule has 5 rings (SSSR count).